The van der Waals surface area contributed by atoms with Crippen LogP contribution in [0.15, 0.2) is 0 Å². The number of carboxylic acid groups (broad SMARTS) is 3. The summed E-state index contributed by atoms with van der Waals surface area (Å²) in [7, 11) is 0. The van der Waals surface area contributed by atoms with E-state index < -0.39 is 17.9 Å². The highest BCUT2D eigenvalue weighted by Crippen LogP contribution is 1.67. The molecule has 0 rings (SSSR count). The van der Waals surface area contributed by atoms with Crippen LogP contribution in [0, 0.1) is 0 Å². The smallest absolute Gasteiger partial charge is 0.313 e. The first-order valence-electron chi connectivity index (χ1n) is 4.29. The molecule has 0 saturated heterocycles. The summed E-state index contributed by atoms with van der Waals surface area (Å²) in [6.07, 6.45) is 0. The van der Waals surface area contributed by atoms with Crippen molar-refractivity contribution >= 4 is 55.8 Å². The molecular weight excluding hydrogens is 288 g/mol. The number of rotatable bonds is 3. The van der Waals surface area contributed by atoms with Gasteiger partial charge in [-0.3, -0.25) is 14.4 Å². The van der Waals surface area contributed by atoms with Gasteiger partial charge >= 0.3 is 17.9 Å². The highest BCUT2D eigenvalue weighted by atomic mass is 32.1. The summed E-state index contributed by atoms with van der Waals surface area (Å²) in [4.78, 5) is 27.9. The fourth-order valence-corrected chi connectivity index (χ4v) is 0. The Balaban J connectivity index is -0.0000000693. The molecule has 17 heavy (non-hydrogen) atoms. The Hall–Kier alpha value is -0.540. The molecule has 0 aliphatic rings. The average molecular weight is 306 g/mol. The minimum Gasteiger partial charge on any atom is -0.481 e. The Bertz CT molecular complexity index is 164. The number of carbonyl (C=O) groups is 3. The van der Waals surface area contributed by atoms with Crippen molar-refractivity contribution in [3.05, 3.63) is 0 Å². The van der Waals surface area contributed by atoms with E-state index in [-0.39, 0.29) is 17.3 Å². The zero-order valence-corrected chi connectivity index (χ0v) is 12.2. The lowest BCUT2D eigenvalue weighted by atomic mass is 10.8. The van der Waals surface area contributed by atoms with Crippen LogP contribution in [0.1, 0.15) is 13.8 Å². The SMILES string of the molecule is CC.O=C(O)CS.O=C(O)CS.O=C(O)CS. The molecule has 0 saturated carbocycles. The molecule has 0 aromatic rings. The van der Waals surface area contributed by atoms with Crippen molar-refractivity contribution in [2.45, 2.75) is 13.8 Å². The second kappa shape index (κ2) is 24.6. The topological polar surface area (TPSA) is 112 Å². The molecule has 0 heterocycles. The van der Waals surface area contributed by atoms with E-state index in [4.69, 9.17) is 15.3 Å². The van der Waals surface area contributed by atoms with E-state index >= 15 is 0 Å². The van der Waals surface area contributed by atoms with E-state index in [0.717, 1.165) is 0 Å². The molecule has 0 fully saturated rings. The Morgan fingerprint density at radius 1 is 0.706 bits per heavy atom. The van der Waals surface area contributed by atoms with E-state index in [2.05, 4.69) is 37.9 Å². The molecule has 3 N–H and O–H groups in total. The molecule has 0 spiro atoms. The molecule has 0 amide bonds. The molecule has 0 aliphatic carbocycles. The van der Waals surface area contributed by atoms with Crippen LogP contribution in [0.4, 0.5) is 0 Å². The van der Waals surface area contributed by atoms with Gasteiger partial charge in [0.2, 0.25) is 0 Å². The number of aliphatic carboxylic acids is 3. The highest BCUT2D eigenvalue weighted by Gasteiger charge is 1.82. The van der Waals surface area contributed by atoms with Gasteiger partial charge in [0.25, 0.3) is 0 Å². The van der Waals surface area contributed by atoms with E-state index in [9.17, 15) is 14.4 Å². The summed E-state index contributed by atoms with van der Waals surface area (Å²) in [5.41, 5.74) is 0. The van der Waals surface area contributed by atoms with Gasteiger partial charge in [0.1, 0.15) is 0 Å². The molecule has 0 radical (unpaired) electrons. The van der Waals surface area contributed by atoms with Crippen molar-refractivity contribution in [1.29, 1.82) is 0 Å². The minimum atomic E-state index is -0.881. The predicted molar refractivity (Wildman–Crippen MR) is 75.8 cm³/mol. The van der Waals surface area contributed by atoms with Crippen molar-refractivity contribution in [3.63, 3.8) is 0 Å². The van der Waals surface area contributed by atoms with Crippen LogP contribution in [0.3, 0.4) is 0 Å². The van der Waals surface area contributed by atoms with Crippen molar-refractivity contribution in [2.75, 3.05) is 17.3 Å². The molecule has 104 valence electrons. The molecule has 0 aromatic heterocycles. The lowest BCUT2D eigenvalue weighted by Gasteiger charge is -1.71. The van der Waals surface area contributed by atoms with Crippen molar-refractivity contribution in [1.82, 2.24) is 0 Å². The Morgan fingerprint density at radius 2 is 0.765 bits per heavy atom. The van der Waals surface area contributed by atoms with Gasteiger partial charge in [-0.05, 0) is 0 Å². The van der Waals surface area contributed by atoms with Gasteiger partial charge in [-0.1, -0.05) is 13.8 Å². The number of carboxylic acids is 3. The van der Waals surface area contributed by atoms with E-state index in [1.807, 2.05) is 13.8 Å². The predicted octanol–water partition coefficient (Wildman–Crippen LogP) is 1.03. The second-order valence-electron chi connectivity index (χ2n) is 1.66. The lowest BCUT2D eigenvalue weighted by Crippen LogP contribution is -1.92. The van der Waals surface area contributed by atoms with Gasteiger partial charge in [0.05, 0.1) is 17.3 Å². The van der Waals surface area contributed by atoms with E-state index in [0.29, 0.717) is 0 Å². The van der Waals surface area contributed by atoms with Crippen LogP contribution in [0.2, 0.25) is 0 Å². The highest BCUT2D eigenvalue weighted by molar-refractivity contribution is 7.81. The number of thiol groups is 3. The maximum Gasteiger partial charge on any atom is 0.313 e. The Morgan fingerprint density at radius 3 is 0.765 bits per heavy atom. The molecular formula is C8H18O6S3. The zero-order valence-electron chi connectivity index (χ0n) is 9.53. The zero-order chi connectivity index (χ0) is 14.9. The Kier molecular flexibility index (Phi) is 36.7. The quantitative estimate of drug-likeness (QED) is 0.434. The molecule has 6 nitrogen and oxygen atoms in total. The molecule has 0 unspecified atom stereocenters. The summed E-state index contributed by atoms with van der Waals surface area (Å²) in [6, 6.07) is 0. The van der Waals surface area contributed by atoms with Crippen LogP contribution in [0.5, 0.6) is 0 Å². The standard InChI is InChI=1S/3C2H4O2S.C2H6/c3*3-2(4)1-5;1-2/h3*5H,1H2,(H,3,4);1-2H3. The molecule has 0 aliphatic heterocycles. The van der Waals surface area contributed by atoms with E-state index in [1.54, 1.807) is 0 Å². The van der Waals surface area contributed by atoms with Crippen molar-refractivity contribution in [3.8, 4) is 0 Å². The van der Waals surface area contributed by atoms with Gasteiger partial charge in [-0.15, -0.1) is 0 Å². The van der Waals surface area contributed by atoms with Crippen LogP contribution in [-0.2, 0) is 14.4 Å². The van der Waals surface area contributed by atoms with Gasteiger partial charge < -0.3 is 15.3 Å². The third kappa shape index (κ3) is 94.0. The lowest BCUT2D eigenvalue weighted by molar-refractivity contribution is -0.134. The minimum absolute atomic E-state index is 0.0833. The van der Waals surface area contributed by atoms with E-state index in [1.165, 1.54) is 0 Å². The monoisotopic (exact) mass is 306 g/mol. The first-order valence-corrected chi connectivity index (χ1v) is 6.19. The second-order valence-corrected chi connectivity index (χ2v) is 2.60. The van der Waals surface area contributed by atoms with Gasteiger partial charge in [0, 0.05) is 0 Å². The van der Waals surface area contributed by atoms with Crippen LogP contribution < -0.4 is 0 Å². The fourth-order valence-electron chi connectivity index (χ4n) is 0. The molecule has 0 bridgehead atoms. The Labute approximate surface area is 117 Å². The van der Waals surface area contributed by atoms with Crippen LogP contribution in [0.25, 0.3) is 0 Å². The number of hydrogen-bond acceptors (Lipinski definition) is 6. The number of hydrogen-bond donors (Lipinski definition) is 6. The summed E-state index contributed by atoms with van der Waals surface area (Å²) >= 11 is 10.2. The van der Waals surface area contributed by atoms with Crippen LogP contribution in [-0.4, -0.2) is 50.5 Å². The largest absolute Gasteiger partial charge is 0.481 e. The average Bonchev–Trinajstić information content (AvgIpc) is 2.32. The maximum absolute atomic E-state index is 9.29. The molecule has 0 aromatic carbocycles. The fraction of sp³-hybridized carbons (Fsp3) is 0.625. The summed E-state index contributed by atoms with van der Waals surface area (Å²) < 4.78 is 0. The summed E-state index contributed by atoms with van der Waals surface area (Å²) in [5, 5.41) is 22.9. The van der Waals surface area contributed by atoms with Gasteiger partial charge in [-0.2, -0.15) is 37.9 Å². The van der Waals surface area contributed by atoms with Crippen LogP contribution >= 0.6 is 37.9 Å². The summed E-state index contributed by atoms with van der Waals surface area (Å²) in [5.74, 6) is -2.89. The molecule has 0 atom stereocenters. The third-order valence-electron chi connectivity index (χ3n) is 0.406. The van der Waals surface area contributed by atoms with Gasteiger partial charge in [-0.25, -0.2) is 0 Å². The first kappa shape index (κ1) is 25.3. The molecule has 9 heteroatoms. The normalized spacial score (nSPS) is 6.88. The van der Waals surface area contributed by atoms with Crippen molar-refractivity contribution < 1.29 is 29.7 Å². The third-order valence-corrected chi connectivity index (χ3v) is 1.22. The van der Waals surface area contributed by atoms with Gasteiger partial charge in [0.15, 0.2) is 0 Å². The summed E-state index contributed by atoms with van der Waals surface area (Å²) in [6.45, 7) is 4.00. The van der Waals surface area contributed by atoms with Crippen molar-refractivity contribution in [2.24, 2.45) is 0 Å². The maximum atomic E-state index is 9.29. The first-order chi connectivity index (χ1) is 7.81.